The highest BCUT2D eigenvalue weighted by Crippen LogP contribution is 2.27. The van der Waals surface area contributed by atoms with E-state index in [0.717, 1.165) is 43.1 Å². The van der Waals surface area contributed by atoms with Crippen LogP contribution in [0.4, 0.5) is 0 Å². The molecule has 1 aromatic heterocycles. The number of carbonyl (C=O) groups excluding carboxylic acids is 1. The highest BCUT2D eigenvalue weighted by Gasteiger charge is 2.33. The number of fused-ring (bicyclic) bond motifs is 1. The molecule has 182 valence electrons. The van der Waals surface area contributed by atoms with Gasteiger partial charge < -0.3 is 18.9 Å². The number of hydrogen-bond donors (Lipinski definition) is 0. The number of nitrogens with zero attached hydrogens (tertiary/aromatic N) is 4. The van der Waals surface area contributed by atoms with Crippen molar-refractivity contribution in [3.63, 3.8) is 0 Å². The molecule has 0 atom stereocenters. The Morgan fingerprint density at radius 1 is 0.939 bits per heavy atom. The summed E-state index contributed by atoms with van der Waals surface area (Å²) >= 11 is 0. The van der Waals surface area contributed by atoms with Crippen LogP contribution in [-0.4, -0.2) is 92.0 Å². The molecule has 0 radical (unpaired) electrons. The Morgan fingerprint density at radius 2 is 1.64 bits per heavy atom. The molecule has 2 saturated heterocycles. The third-order valence-corrected chi connectivity index (χ3v) is 8.51. The van der Waals surface area contributed by atoms with Crippen molar-refractivity contribution < 1.29 is 22.7 Å². The second-order valence-corrected chi connectivity index (χ2v) is 10.5. The first kappa shape index (κ1) is 24.0. The maximum absolute atomic E-state index is 13.0. The summed E-state index contributed by atoms with van der Waals surface area (Å²) in [5.74, 6) is 0.539. The van der Waals surface area contributed by atoms with Gasteiger partial charge in [0, 0.05) is 64.5 Å². The molecule has 0 aliphatic carbocycles. The molecule has 33 heavy (non-hydrogen) atoms. The fourth-order valence-electron chi connectivity index (χ4n) is 4.54. The molecule has 9 nitrogen and oxygen atoms in total. The molecule has 1 aromatic carbocycles. The van der Waals surface area contributed by atoms with E-state index in [1.807, 2.05) is 30.5 Å². The number of methoxy groups -OCH3 is 1. The van der Waals surface area contributed by atoms with Crippen molar-refractivity contribution >= 4 is 27.0 Å². The Bertz CT molecular complexity index is 1040. The third-order valence-electron chi connectivity index (χ3n) is 6.47. The van der Waals surface area contributed by atoms with Gasteiger partial charge >= 0.3 is 0 Å². The minimum atomic E-state index is -3.46. The van der Waals surface area contributed by atoms with Crippen LogP contribution in [0.5, 0.6) is 5.75 Å². The lowest BCUT2D eigenvalue weighted by Gasteiger charge is -2.36. The Morgan fingerprint density at radius 3 is 2.33 bits per heavy atom. The number of amides is 1. The van der Waals surface area contributed by atoms with Crippen molar-refractivity contribution in [2.45, 2.75) is 32.2 Å². The SMILES string of the molecule is COCCn1ccc2c(OCC(=O)N3CCN(S(=O)(=O)N4CCCCCC4)CC3)cccc21. The van der Waals surface area contributed by atoms with Crippen molar-refractivity contribution in [2.75, 3.05) is 59.6 Å². The predicted octanol–water partition coefficient (Wildman–Crippen LogP) is 1.93. The van der Waals surface area contributed by atoms with E-state index < -0.39 is 10.2 Å². The molecule has 2 aliphatic rings. The molecule has 10 heteroatoms. The van der Waals surface area contributed by atoms with E-state index in [0.29, 0.717) is 51.6 Å². The molecule has 0 N–H and O–H groups in total. The van der Waals surface area contributed by atoms with Crippen molar-refractivity contribution in [1.82, 2.24) is 18.1 Å². The lowest BCUT2D eigenvalue weighted by molar-refractivity contribution is -0.134. The molecule has 4 rings (SSSR count). The number of rotatable bonds is 8. The average molecular weight is 479 g/mol. The van der Waals surface area contributed by atoms with E-state index in [2.05, 4.69) is 4.57 Å². The van der Waals surface area contributed by atoms with Crippen LogP contribution in [0.25, 0.3) is 10.9 Å². The highest BCUT2D eigenvalue weighted by molar-refractivity contribution is 7.86. The van der Waals surface area contributed by atoms with Gasteiger partial charge in [0.15, 0.2) is 6.61 Å². The Hall–Kier alpha value is -2.14. The summed E-state index contributed by atoms with van der Waals surface area (Å²) in [6, 6.07) is 7.78. The number of benzene rings is 1. The maximum Gasteiger partial charge on any atom is 0.282 e. The van der Waals surface area contributed by atoms with Gasteiger partial charge in [-0.15, -0.1) is 0 Å². The van der Waals surface area contributed by atoms with Gasteiger partial charge in [0.1, 0.15) is 5.75 Å². The molecule has 0 saturated carbocycles. The molecular weight excluding hydrogens is 444 g/mol. The largest absolute Gasteiger partial charge is 0.483 e. The van der Waals surface area contributed by atoms with Gasteiger partial charge in [-0.25, -0.2) is 0 Å². The van der Waals surface area contributed by atoms with Crippen molar-refractivity contribution in [3.05, 3.63) is 30.5 Å². The molecular formula is C23H34N4O5S. The quantitative estimate of drug-likeness (QED) is 0.579. The first-order valence-corrected chi connectivity index (χ1v) is 13.1. The standard InChI is InChI=1S/C23H34N4O5S/c1-31-18-17-24-12-9-20-21(24)7-6-8-22(20)32-19-23(28)25-13-15-27(16-14-25)33(29,30)26-10-4-2-3-5-11-26/h6-9,12H,2-5,10-11,13-19H2,1H3. The zero-order chi connectivity index (χ0) is 23.3. The van der Waals surface area contributed by atoms with Gasteiger partial charge in [-0.05, 0) is 31.0 Å². The van der Waals surface area contributed by atoms with E-state index in [4.69, 9.17) is 9.47 Å². The van der Waals surface area contributed by atoms with Crippen LogP contribution in [0.15, 0.2) is 30.5 Å². The predicted molar refractivity (Wildman–Crippen MR) is 126 cm³/mol. The zero-order valence-electron chi connectivity index (χ0n) is 19.3. The van der Waals surface area contributed by atoms with Crippen molar-refractivity contribution in [3.8, 4) is 5.75 Å². The van der Waals surface area contributed by atoms with E-state index in [9.17, 15) is 13.2 Å². The van der Waals surface area contributed by atoms with Gasteiger partial charge in [-0.3, -0.25) is 4.79 Å². The first-order chi connectivity index (χ1) is 16.0. The van der Waals surface area contributed by atoms with E-state index >= 15 is 0 Å². The number of ether oxygens (including phenoxy) is 2. The van der Waals surface area contributed by atoms with Gasteiger partial charge in [0.2, 0.25) is 0 Å². The molecule has 1 amide bonds. The first-order valence-electron chi connectivity index (χ1n) is 11.7. The van der Waals surface area contributed by atoms with Crippen LogP contribution in [0.3, 0.4) is 0 Å². The molecule has 3 heterocycles. The van der Waals surface area contributed by atoms with Crippen LogP contribution in [0.2, 0.25) is 0 Å². The average Bonchev–Trinajstić information content (AvgIpc) is 3.04. The fourth-order valence-corrected chi connectivity index (χ4v) is 6.21. The van der Waals surface area contributed by atoms with Gasteiger partial charge in [-0.1, -0.05) is 18.9 Å². The van der Waals surface area contributed by atoms with Crippen molar-refractivity contribution in [2.24, 2.45) is 0 Å². The minimum Gasteiger partial charge on any atom is -0.483 e. The van der Waals surface area contributed by atoms with E-state index in [1.165, 1.54) is 4.31 Å². The van der Waals surface area contributed by atoms with Gasteiger partial charge in [0.05, 0.1) is 12.1 Å². The Labute approximate surface area is 196 Å². The number of piperazine rings is 1. The normalized spacial score (nSPS) is 19.0. The summed E-state index contributed by atoms with van der Waals surface area (Å²) in [6.45, 7) is 3.88. The van der Waals surface area contributed by atoms with Crippen molar-refractivity contribution in [1.29, 1.82) is 0 Å². The highest BCUT2D eigenvalue weighted by atomic mass is 32.2. The Balaban J connectivity index is 1.31. The van der Waals surface area contributed by atoms with Crippen LogP contribution in [0.1, 0.15) is 25.7 Å². The topological polar surface area (TPSA) is 84.3 Å². The van der Waals surface area contributed by atoms with Gasteiger partial charge in [0.25, 0.3) is 16.1 Å². The lowest BCUT2D eigenvalue weighted by Crippen LogP contribution is -2.55. The van der Waals surface area contributed by atoms with E-state index in [1.54, 1.807) is 16.3 Å². The summed E-state index contributed by atoms with van der Waals surface area (Å²) in [5, 5.41) is 0.953. The lowest BCUT2D eigenvalue weighted by atomic mass is 10.2. The molecule has 0 spiro atoms. The monoisotopic (exact) mass is 478 g/mol. The summed E-state index contributed by atoms with van der Waals surface area (Å²) in [6.07, 6.45) is 5.98. The molecule has 2 aromatic rings. The summed E-state index contributed by atoms with van der Waals surface area (Å²) in [4.78, 5) is 14.5. The number of carbonyl (C=O) groups is 1. The number of hydrogen-bond acceptors (Lipinski definition) is 5. The number of aromatic nitrogens is 1. The third kappa shape index (κ3) is 5.51. The zero-order valence-corrected chi connectivity index (χ0v) is 20.1. The Kier molecular flexibility index (Phi) is 7.90. The second kappa shape index (κ2) is 10.9. The maximum atomic E-state index is 13.0. The summed E-state index contributed by atoms with van der Waals surface area (Å²) in [5.41, 5.74) is 1.03. The summed E-state index contributed by atoms with van der Waals surface area (Å²) in [7, 11) is -1.78. The molecule has 0 bridgehead atoms. The second-order valence-electron chi connectivity index (χ2n) is 8.58. The minimum absolute atomic E-state index is 0.0682. The summed E-state index contributed by atoms with van der Waals surface area (Å²) < 4.78 is 42.2. The van der Waals surface area contributed by atoms with Crippen LogP contribution >= 0.6 is 0 Å². The molecule has 2 fully saturated rings. The molecule has 2 aliphatic heterocycles. The van der Waals surface area contributed by atoms with E-state index in [-0.39, 0.29) is 12.5 Å². The van der Waals surface area contributed by atoms with Crippen LogP contribution in [0, 0.1) is 0 Å². The van der Waals surface area contributed by atoms with Gasteiger partial charge in [-0.2, -0.15) is 17.0 Å². The fraction of sp³-hybridized carbons (Fsp3) is 0.609. The molecule has 0 unspecified atom stereocenters. The smallest absolute Gasteiger partial charge is 0.282 e. The van der Waals surface area contributed by atoms with Crippen LogP contribution < -0.4 is 4.74 Å². The van der Waals surface area contributed by atoms with Crippen LogP contribution in [-0.2, 0) is 26.3 Å².